The molecular weight excluding hydrogens is 292 g/mol. The van der Waals surface area contributed by atoms with E-state index < -0.39 is 6.04 Å². The number of nitrogens with one attached hydrogen (secondary N) is 3. The summed E-state index contributed by atoms with van der Waals surface area (Å²) in [4.78, 5) is 26.4. The molecule has 0 aromatic heterocycles. The zero-order valence-corrected chi connectivity index (χ0v) is 13.7. The van der Waals surface area contributed by atoms with Gasteiger partial charge in [0.2, 0.25) is 5.91 Å². The van der Waals surface area contributed by atoms with Crippen molar-refractivity contribution in [3.8, 4) is 0 Å². The highest BCUT2D eigenvalue weighted by molar-refractivity contribution is 5.87. The van der Waals surface area contributed by atoms with Gasteiger partial charge in [0.15, 0.2) is 0 Å². The molecule has 1 aromatic carbocycles. The Bertz CT molecular complexity index is 501. The predicted octanol–water partition coefficient (Wildman–Crippen LogP) is 1.26. The molecule has 1 heterocycles. The maximum absolute atomic E-state index is 12.0. The van der Waals surface area contributed by atoms with Crippen LogP contribution in [0.15, 0.2) is 30.3 Å². The summed E-state index contributed by atoms with van der Waals surface area (Å²) in [5.41, 5.74) is 0.763. The third-order valence-electron chi connectivity index (χ3n) is 4.05. The first-order chi connectivity index (χ1) is 11.2. The molecule has 1 aliphatic heterocycles. The molecule has 1 atom stereocenters. The van der Waals surface area contributed by atoms with E-state index in [9.17, 15) is 9.59 Å². The van der Waals surface area contributed by atoms with Gasteiger partial charge in [0, 0.05) is 13.6 Å². The summed E-state index contributed by atoms with van der Waals surface area (Å²) in [6, 6.07) is 8.23. The van der Waals surface area contributed by atoms with Crippen LogP contribution in [0, 0.1) is 0 Å². The van der Waals surface area contributed by atoms with Crippen molar-refractivity contribution >= 4 is 11.9 Å². The predicted molar refractivity (Wildman–Crippen MR) is 90.1 cm³/mol. The lowest BCUT2D eigenvalue weighted by molar-refractivity contribution is -0.122. The number of nitrogens with zero attached hydrogens (tertiary/aromatic N) is 1. The van der Waals surface area contributed by atoms with Crippen LogP contribution in [0.1, 0.15) is 30.9 Å². The second-order valence-electron chi connectivity index (χ2n) is 5.76. The van der Waals surface area contributed by atoms with E-state index in [2.05, 4.69) is 20.9 Å². The lowest BCUT2D eigenvalue weighted by Gasteiger charge is -2.19. The van der Waals surface area contributed by atoms with E-state index in [1.54, 1.807) is 7.05 Å². The highest BCUT2D eigenvalue weighted by Crippen LogP contribution is 2.12. The molecule has 0 aliphatic carbocycles. The topological polar surface area (TPSA) is 73.5 Å². The van der Waals surface area contributed by atoms with Crippen LogP contribution >= 0.6 is 0 Å². The molecule has 1 saturated heterocycles. The first kappa shape index (κ1) is 17.3. The maximum atomic E-state index is 12.0. The molecule has 3 N–H and O–H groups in total. The Kier molecular flexibility index (Phi) is 6.87. The van der Waals surface area contributed by atoms with Crippen molar-refractivity contribution in [2.75, 3.05) is 33.2 Å². The Morgan fingerprint density at radius 3 is 2.52 bits per heavy atom. The Morgan fingerprint density at radius 2 is 1.87 bits per heavy atom. The average Bonchev–Trinajstić information content (AvgIpc) is 3.10. The van der Waals surface area contributed by atoms with E-state index >= 15 is 0 Å². The van der Waals surface area contributed by atoms with Gasteiger partial charge in [0.25, 0.3) is 0 Å². The van der Waals surface area contributed by atoms with E-state index in [1.807, 2.05) is 30.3 Å². The standard InChI is InChI=1S/C17H26N4O2/c1-18-16(22)15(14-8-3-2-4-9-14)20-17(23)19-10-7-13-21-11-5-6-12-21/h2-4,8-9,15H,5-7,10-13H2,1H3,(H,18,22)(H2,19,20,23). The molecule has 1 unspecified atom stereocenters. The molecule has 1 aliphatic rings. The highest BCUT2D eigenvalue weighted by Gasteiger charge is 2.21. The maximum Gasteiger partial charge on any atom is 0.315 e. The van der Waals surface area contributed by atoms with Gasteiger partial charge >= 0.3 is 6.03 Å². The number of likely N-dealkylation sites (tertiary alicyclic amines) is 1. The van der Waals surface area contributed by atoms with Crippen molar-refractivity contribution in [1.29, 1.82) is 0 Å². The minimum absolute atomic E-state index is 0.233. The molecule has 0 radical (unpaired) electrons. The van der Waals surface area contributed by atoms with Crippen LogP contribution in [0.5, 0.6) is 0 Å². The lowest BCUT2D eigenvalue weighted by atomic mass is 10.1. The monoisotopic (exact) mass is 318 g/mol. The quantitative estimate of drug-likeness (QED) is 0.663. The fourth-order valence-electron chi connectivity index (χ4n) is 2.78. The highest BCUT2D eigenvalue weighted by atomic mass is 16.2. The molecule has 1 aromatic rings. The van der Waals surface area contributed by atoms with Crippen LogP contribution in [-0.4, -0.2) is 50.1 Å². The molecular formula is C17H26N4O2. The van der Waals surface area contributed by atoms with Gasteiger partial charge < -0.3 is 20.9 Å². The SMILES string of the molecule is CNC(=O)C(NC(=O)NCCCN1CCCC1)c1ccccc1. The Balaban J connectivity index is 1.77. The second kappa shape index (κ2) is 9.15. The second-order valence-corrected chi connectivity index (χ2v) is 5.76. The number of urea groups is 1. The van der Waals surface area contributed by atoms with E-state index in [0.29, 0.717) is 6.54 Å². The molecule has 23 heavy (non-hydrogen) atoms. The van der Waals surface area contributed by atoms with E-state index in [4.69, 9.17) is 0 Å². The normalized spacial score (nSPS) is 15.9. The number of likely N-dealkylation sites (N-methyl/N-ethyl adjacent to an activating group) is 1. The van der Waals surface area contributed by atoms with Gasteiger partial charge in [-0.1, -0.05) is 30.3 Å². The first-order valence-corrected chi connectivity index (χ1v) is 8.24. The molecule has 1 fully saturated rings. The van der Waals surface area contributed by atoms with Crippen molar-refractivity contribution in [1.82, 2.24) is 20.9 Å². The Morgan fingerprint density at radius 1 is 1.17 bits per heavy atom. The van der Waals surface area contributed by atoms with Crippen molar-refractivity contribution in [2.45, 2.75) is 25.3 Å². The third kappa shape index (κ3) is 5.56. The number of hydrogen-bond donors (Lipinski definition) is 3. The summed E-state index contributed by atoms with van der Waals surface area (Å²) < 4.78 is 0. The fraction of sp³-hybridized carbons (Fsp3) is 0.529. The zero-order chi connectivity index (χ0) is 16.5. The van der Waals surface area contributed by atoms with Gasteiger partial charge in [-0.05, 0) is 44.5 Å². The number of rotatable bonds is 7. The minimum Gasteiger partial charge on any atom is -0.357 e. The molecule has 2 rings (SSSR count). The van der Waals surface area contributed by atoms with Crippen molar-refractivity contribution in [2.24, 2.45) is 0 Å². The molecule has 6 nitrogen and oxygen atoms in total. The molecule has 0 bridgehead atoms. The third-order valence-corrected chi connectivity index (χ3v) is 4.05. The van der Waals surface area contributed by atoms with Gasteiger partial charge in [-0.15, -0.1) is 0 Å². The van der Waals surface area contributed by atoms with Crippen LogP contribution in [0.2, 0.25) is 0 Å². The summed E-state index contributed by atoms with van der Waals surface area (Å²) in [5.74, 6) is -0.233. The van der Waals surface area contributed by atoms with Crippen LogP contribution in [0.3, 0.4) is 0 Å². The molecule has 6 heteroatoms. The number of hydrogen-bond acceptors (Lipinski definition) is 3. The summed E-state index contributed by atoms with van der Waals surface area (Å²) in [6.07, 6.45) is 3.47. The van der Waals surface area contributed by atoms with Crippen molar-refractivity contribution in [3.05, 3.63) is 35.9 Å². The minimum atomic E-state index is -0.681. The van der Waals surface area contributed by atoms with Crippen molar-refractivity contribution in [3.63, 3.8) is 0 Å². The molecule has 3 amide bonds. The van der Waals surface area contributed by atoms with E-state index in [-0.39, 0.29) is 11.9 Å². The zero-order valence-electron chi connectivity index (χ0n) is 13.7. The Labute approximate surface area is 137 Å². The van der Waals surface area contributed by atoms with Crippen LogP contribution in [0.4, 0.5) is 4.79 Å². The van der Waals surface area contributed by atoms with Gasteiger partial charge in [-0.2, -0.15) is 0 Å². The smallest absolute Gasteiger partial charge is 0.315 e. The number of carbonyl (C=O) groups excluding carboxylic acids is 2. The van der Waals surface area contributed by atoms with E-state index in [1.165, 1.54) is 25.9 Å². The van der Waals surface area contributed by atoms with E-state index in [0.717, 1.165) is 18.5 Å². The van der Waals surface area contributed by atoms with Crippen LogP contribution in [-0.2, 0) is 4.79 Å². The summed E-state index contributed by atoms with van der Waals surface area (Å²) >= 11 is 0. The van der Waals surface area contributed by atoms with Crippen molar-refractivity contribution < 1.29 is 9.59 Å². The summed E-state index contributed by atoms with van der Waals surface area (Å²) in [6.45, 7) is 3.95. The number of carbonyl (C=O) groups is 2. The van der Waals surface area contributed by atoms with Gasteiger partial charge in [0.1, 0.15) is 6.04 Å². The summed E-state index contributed by atoms with van der Waals surface area (Å²) in [5, 5.41) is 8.15. The summed E-state index contributed by atoms with van der Waals surface area (Å²) in [7, 11) is 1.56. The molecule has 0 spiro atoms. The lowest BCUT2D eigenvalue weighted by Crippen LogP contribution is -2.44. The molecule has 126 valence electrons. The van der Waals surface area contributed by atoms with Crippen LogP contribution < -0.4 is 16.0 Å². The van der Waals surface area contributed by atoms with Crippen LogP contribution in [0.25, 0.3) is 0 Å². The number of benzene rings is 1. The number of amides is 3. The van der Waals surface area contributed by atoms with Gasteiger partial charge in [-0.25, -0.2) is 4.79 Å². The fourth-order valence-corrected chi connectivity index (χ4v) is 2.78. The molecule has 0 saturated carbocycles. The van der Waals surface area contributed by atoms with Gasteiger partial charge in [0.05, 0.1) is 0 Å². The largest absolute Gasteiger partial charge is 0.357 e. The first-order valence-electron chi connectivity index (χ1n) is 8.24. The van der Waals surface area contributed by atoms with Gasteiger partial charge in [-0.3, -0.25) is 4.79 Å². The Hall–Kier alpha value is -2.08. The average molecular weight is 318 g/mol.